The summed E-state index contributed by atoms with van der Waals surface area (Å²) in [4.78, 5) is 11.0. The fourth-order valence-electron chi connectivity index (χ4n) is 1.42. The highest BCUT2D eigenvalue weighted by Crippen LogP contribution is 2.53. The van der Waals surface area contributed by atoms with Crippen molar-refractivity contribution < 1.29 is 45.0 Å². The van der Waals surface area contributed by atoms with Crippen molar-refractivity contribution in [2.45, 2.75) is 48.8 Å². The SMILES string of the molecule is O=C(NCCCCCCO)C(F)(F)C(F)(F)C(F)(F)C(F)(F)Cl. The van der Waals surface area contributed by atoms with Crippen molar-refractivity contribution in [2.24, 2.45) is 0 Å². The number of carbonyl (C=O) groups excluding carboxylic acids is 1. The Morgan fingerprint density at radius 3 is 1.78 bits per heavy atom. The minimum Gasteiger partial charge on any atom is -0.396 e. The number of nitrogens with one attached hydrogen (secondary N) is 1. The lowest BCUT2D eigenvalue weighted by Gasteiger charge is -2.33. The quantitative estimate of drug-likeness (QED) is 0.347. The van der Waals surface area contributed by atoms with E-state index in [2.05, 4.69) is 11.6 Å². The molecule has 138 valence electrons. The number of hydrogen-bond donors (Lipinski definition) is 2. The van der Waals surface area contributed by atoms with Crippen LogP contribution in [0.4, 0.5) is 35.1 Å². The van der Waals surface area contributed by atoms with Gasteiger partial charge in [-0.15, -0.1) is 0 Å². The Labute approximate surface area is 131 Å². The molecule has 0 atom stereocenters. The third-order valence-corrected chi connectivity index (χ3v) is 3.04. The van der Waals surface area contributed by atoms with Gasteiger partial charge in [-0.1, -0.05) is 12.8 Å². The van der Waals surface area contributed by atoms with Gasteiger partial charge >= 0.3 is 23.1 Å². The molecule has 3 nitrogen and oxygen atoms in total. The second kappa shape index (κ2) is 7.82. The van der Waals surface area contributed by atoms with Crippen LogP contribution in [0.2, 0.25) is 0 Å². The first-order valence-corrected chi connectivity index (χ1v) is 6.70. The molecule has 0 heterocycles. The molecule has 1 amide bonds. The molecule has 0 rings (SSSR count). The Morgan fingerprint density at radius 2 is 1.35 bits per heavy atom. The van der Waals surface area contributed by atoms with Crippen LogP contribution >= 0.6 is 11.6 Å². The van der Waals surface area contributed by atoms with Gasteiger partial charge in [0.25, 0.3) is 5.91 Å². The van der Waals surface area contributed by atoms with E-state index in [0.717, 1.165) is 0 Å². The van der Waals surface area contributed by atoms with Gasteiger partial charge in [0, 0.05) is 13.2 Å². The zero-order valence-electron chi connectivity index (χ0n) is 11.5. The summed E-state index contributed by atoms with van der Waals surface area (Å²) in [6.07, 6.45) is 1.21. The van der Waals surface area contributed by atoms with Gasteiger partial charge in [0.05, 0.1) is 0 Å². The molecular weight excluding hydrogens is 366 g/mol. The predicted octanol–water partition coefficient (Wildman–Crippen LogP) is 3.39. The summed E-state index contributed by atoms with van der Waals surface area (Å²) in [5.41, 5.74) is 0. The van der Waals surface area contributed by atoms with Crippen molar-refractivity contribution in [2.75, 3.05) is 13.2 Å². The molecule has 0 aromatic heterocycles. The highest BCUT2D eigenvalue weighted by atomic mass is 35.5. The summed E-state index contributed by atoms with van der Waals surface area (Å²) < 4.78 is 103. The van der Waals surface area contributed by atoms with Gasteiger partial charge in [-0.25, -0.2) is 0 Å². The molecule has 0 aliphatic carbocycles. The van der Waals surface area contributed by atoms with Crippen molar-refractivity contribution in [3.63, 3.8) is 0 Å². The Balaban J connectivity index is 4.85. The number of aliphatic hydroxyl groups excluding tert-OH is 1. The van der Waals surface area contributed by atoms with Crippen molar-refractivity contribution in [1.29, 1.82) is 0 Å². The third-order valence-electron chi connectivity index (χ3n) is 2.80. The van der Waals surface area contributed by atoms with E-state index in [-0.39, 0.29) is 13.0 Å². The number of rotatable bonds is 10. The van der Waals surface area contributed by atoms with E-state index in [1.807, 2.05) is 0 Å². The van der Waals surface area contributed by atoms with Crippen molar-refractivity contribution in [3.05, 3.63) is 0 Å². The van der Waals surface area contributed by atoms with Crippen molar-refractivity contribution in [3.8, 4) is 0 Å². The molecule has 2 N–H and O–H groups in total. The first kappa shape index (κ1) is 22.2. The van der Waals surface area contributed by atoms with Crippen LogP contribution < -0.4 is 5.32 Å². The lowest BCUT2D eigenvalue weighted by atomic mass is 10.0. The minimum atomic E-state index is -6.70. The Hall–Kier alpha value is -0.840. The lowest BCUT2D eigenvalue weighted by molar-refractivity contribution is -0.337. The summed E-state index contributed by atoms with van der Waals surface area (Å²) >= 11 is 3.75. The summed E-state index contributed by atoms with van der Waals surface area (Å²) in [6, 6.07) is 0. The first-order chi connectivity index (χ1) is 10.2. The fourth-order valence-corrected chi connectivity index (χ4v) is 1.54. The van der Waals surface area contributed by atoms with Crippen molar-refractivity contribution >= 4 is 17.5 Å². The van der Waals surface area contributed by atoms with Gasteiger partial charge in [0.1, 0.15) is 0 Å². The minimum absolute atomic E-state index is 0.0372. The topological polar surface area (TPSA) is 49.3 Å². The molecule has 0 aromatic rings. The zero-order valence-corrected chi connectivity index (χ0v) is 12.3. The van der Waals surface area contributed by atoms with Gasteiger partial charge in [0.15, 0.2) is 0 Å². The maximum Gasteiger partial charge on any atom is 0.393 e. The van der Waals surface area contributed by atoms with Gasteiger partial charge in [-0.2, -0.15) is 35.1 Å². The number of hydrogen-bond acceptors (Lipinski definition) is 2. The van der Waals surface area contributed by atoms with Crippen LogP contribution in [0.1, 0.15) is 25.7 Å². The number of unbranched alkanes of at least 4 members (excludes halogenated alkanes) is 3. The molecule has 23 heavy (non-hydrogen) atoms. The van der Waals surface area contributed by atoms with E-state index < -0.39 is 35.6 Å². The highest BCUT2D eigenvalue weighted by molar-refractivity contribution is 6.22. The number of alkyl halides is 9. The average Bonchev–Trinajstić information content (AvgIpc) is 2.40. The zero-order chi connectivity index (χ0) is 18.5. The largest absolute Gasteiger partial charge is 0.396 e. The van der Waals surface area contributed by atoms with Gasteiger partial charge in [-0.05, 0) is 24.4 Å². The summed E-state index contributed by atoms with van der Waals surface area (Å²) in [5.74, 6) is -22.3. The van der Waals surface area contributed by atoms with Gasteiger partial charge in [-0.3, -0.25) is 4.79 Å². The molecule has 0 saturated heterocycles. The van der Waals surface area contributed by atoms with E-state index in [0.29, 0.717) is 19.3 Å². The van der Waals surface area contributed by atoms with E-state index >= 15 is 0 Å². The van der Waals surface area contributed by atoms with Crippen LogP contribution in [0.15, 0.2) is 0 Å². The van der Waals surface area contributed by atoms with E-state index in [1.54, 1.807) is 0 Å². The van der Waals surface area contributed by atoms with E-state index in [1.165, 1.54) is 5.32 Å². The smallest absolute Gasteiger partial charge is 0.393 e. The van der Waals surface area contributed by atoms with Crippen LogP contribution in [0.3, 0.4) is 0 Å². The van der Waals surface area contributed by atoms with Crippen LogP contribution in [-0.4, -0.2) is 47.3 Å². The standard InChI is InChI=1S/C11H14ClF8NO2/c12-11(19,20)10(17,18)9(15,16)8(13,14)7(23)21-5-3-1-2-4-6-22/h22H,1-6H2,(H,21,23). The second-order valence-corrected chi connectivity index (χ2v) is 5.09. The predicted molar refractivity (Wildman–Crippen MR) is 64.2 cm³/mol. The second-order valence-electron chi connectivity index (χ2n) is 4.61. The van der Waals surface area contributed by atoms with Gasteiger partial charge in [0.2, 0.25) is 0 Å². The van der Waals surface area contributed by atoms with Crippen LogP contribution in [-0.2, 0) is 4.79 Å². The molecule has 0 unspecified atom stereocenters. The van der Waals surface area contributed by atoms with E-state index in [9.17, 15) is 39.9 Å². The average molecular weight is 380 g/mol. The molecule has 12 heteroatoms. The molecule has 0 saturated carbocycles. The molecule has 0 bridgehead atoms. The lowest BCUT2D eigenvalue weighted by Crippen LogP contribution is -2.65. The van der Waals surface area contributed by atoms with Crippen LogP contribution in [0.5, 0.6) is 0 Å². The monoisotopic (exact) mass is 379 g/mol. The number of carbonyl (C=O) groups is 1. The molecule has 0 aromatic carbocycles. The molecular formula is C11H14ClF8NO2. The normalized spacial score (nSPS) is 14.0. The first-order valence-electron chi connectivity index (χ1n) is 6.32. The van der Waals surface area contributed by atoms with Crippen molar-refractivity contribution in [1.82, 2.24) is 5.32 Å². The number of halogens is 9. The van der Waals surface area contributed by atoms with Crippen LogP contribution in [0.25, 0.3) is 0 Å². The summed E-state index contributed by atoms with van der Waals surface area (Å²) in [6.45, 7) is -0.683. The maximum absolute atomic E-state index is 13.2. The van der Waals surface area contributed by atoms with Crippen LogP contribution in [0, 0.1) is 0 Å². The molecule has 0 aliphatic rings. The Bertz CT molecular complexity index is 400. The summed E-state index contributed by atoms with van der Waals surface area (Å²) in [7, 11) is 0. The third kappa shape index (κ3) is 4.82. The number of amides is 1. The summed E-state index contributed by atoms with van der Waals surface area (Å²) in [5, 5.41) is 3.75. The maximum atomic E-state index is 13.2. The fraction of sp³-hybridized carbons (Fsp3) is 0.909. The molecule has 0 fully saturated rings. The van der Waals surface area contributed by atoms with Gasteiger partial charge < -0.3 is 10.4 Å². The Morgan fingerprint density at radius 1 is 0.870 bits per heavy atom. The highest BCUT2D eigenvalue weighted by Gasteiger charge is 2.82. The molecule has 0 spiro atoms. The van der Waals surface area contributed by atoms with E-state index in [4.69, 9.17) is 5.11 Å². The molecule has 0 radical (unpaired) electrons. The number of aliphatic hydroxyl groups is 1. The molecule has 0 aliphatic heterocycles. The Kier molecular flexibility index (Phi) is 7.54.